The van der Waals surface area contributed by atoms with E-state index in [2.05, 4.69) is 18.2 Å². The molecule has 0 aliphatic heterocycles. The van der Waals surface area contributed by atoms with Crippen LogP contribution in [0.25, 0.3) is 11.1 Å². The van der Waals surface area contributed by atoms with Crippen molar-refractivity contribution in [2.75, 3.05) is 0 Å². The van der Waals surface area contributed by atoms with E-state index in [9.17, 15) is 5.11 Å². The number of aromatic hydroxyl groups is 1. The van der Waals surface area contributed by atoms with Gasteiger partial charge >= 0.3 is 0 Å². The molecule has 0 unspecified atom stereocenters. The van der Waals surface area contributed by atoms with Crippen molar-refractivity contribution in [3.8, 4) is 16.9 Å². The van der Waals surface area contributed by atoms with Gasteiger partial charge in [0, 0.05) is 18.1 Å². The fourth-order valence-electron chi connectivity index (χ4n) is 2.08. The van der Waals surface area contributed by atoms with Gasteiger partial charge in [0.15, 0.2) is 0 Å². The summed E-state index contributed by atoms with van der Waals surface area (Å²) < 4.78 is 0. The smallest absolute Gasteiger partial charge is 0.127 e. The number of phenolic OH excluding ortho intramolecular Hbond substituents is 1. The van der Waals surface area contributed by atoms with Gasteiger partial charge in [-0.3, -0.25) is 0 Å². The Labute approximate surface area is 82.6 Å². The van der Waals surface area contributed by atoms with Crippen molar-refractivity contribution < 1.29 is 5.11 Å². The van der Waals surface area contributed by atoms with Crippen molar-refractivity contribution in [1.29, 1.82) is 0 Å². The zero-order chi connectivity index (χ0) is 9.54. The molecule has 1 aliphatic carbocycles. The molecule has 0 fully saturated rings. The maximum atomic E-state index is 9.65. The highest BCUT2D eigenvalue weighted by molar-refractivity contribution is 5.78. The molecule has 0 saturated heterocycles. The van der Waals surface area contributed by atoms with Crippen molar-refractivity contribution in [2.45, 2.75) is 6.42 Å². The van der Waals surface area contributed by atoms with Gasteiger partial charge in [-0.15, -0.1) is 0 Å². The summed E-state index contributed by atoms with van der Waals surface area (Å²) in [7, 11) is 0. The van der Waals surface area contributed by atoms with Gasteiger partial charge < -0.3 is 5.11 Å². The number of rotatable bonds is 0. The van der Waals surface area contributed by atoms with Crippen molar-refractivity contribution in [3.05, 3.63) is 53.6 Å². The number of phenols is 1. The van der Waals surface area contributed by atoms with E-state index in [0.29, 0.717) is 5.75 Å². The normalized spacial score (nSPS) is 12.3. The van der Waals surface area contributed by atoms with E-state index < -0.39 is 0 Å². The van der Waals surface area contributed by atoms with E-state index in [0.717, 1.165) is 17.5 Å². The van der Waals surface area contributed by atoms with Gasteiger partial charge in [-0.2, -0.15) is 0 Å². The molecule has 0 heterocycles. The highest BCUT2D eigenvalue weighted by atomic mass is 16.3. The number of hydrogen-bond donors (Lipinski definition) is 1. The minimum absolute atomic E-state index is 0.290. The highest BCUT2D eigenvalue weighted by Gasteiger charge is 2.19. The molecule has 3 rings (SSSR count). The molecule has 0 amide bonds. The summed E-state index contributed by atoms with van der Waals surface area (Å²) in [5.41, 5.74) is 4.69. The van der Waals surface area contributed by atoms with Crippen LogP contribution in [0.5, 0.6) is 5.75 Å². The maximum Gasteiger partial charge on any atom is 0.127 e. The van der Waals surface area contributed by atoms with Crippen LogP contribution in [0.1, 0.15) is 11.1 Å². The first-order valence-electron chi connectivity index (χ1n) is 4.67. The predicted molar refractivity (Wildman–Crippen MR) is 55.2 cm³/mol. The van der Waals surface area contributed by atoms with Gasteiger partial charge in [0.25, 0.3) is 0 Å². The van der Waals surface area contributed by atoms with Crippen LogP contribution >= 0.6 is 0 Å². The molecule has 67 valence electrons. The van der Waals surface area contributed by atoms with Gasteiger partial charge in [-0.25, -0.2) is 0 Å². The maximum absolute atomic E-state index is 9.65. The molecule has 0 saturated carbocycles. The van der Waals surface area contributed by atoms with Gasteiger partial charge in [-0.1, -0.05) is 30.3 Å². The molecule has 1 radical (unpaired) electrons. The Morgan fingerprint density at radius 2 is 1.93 bits per heavy atom. The average molecular weight is 181 g/mol. The Morgan fingerprint density at radius 3 is 2.86 bits per heavy atom. The monoisotopic (exact) mass is 181 g/mol. The predicted octanol–water partition coefficient (Wildman–Crippen LogP) is 2.76. The SMILES string of the molecule is Oc1[c]ccc2c1Cc1ccccc1-2. The standard InChI is InChI=1S/C13H9O/c14-13-7-3-6-11-10-5-2-1-4-9(10)8-12(11)13/h1-6,14H,8H2. The molecule has 1 nitrogen and oxygen atoms in total. The number of hydrogen-bond acceptors (Lipinski definition) is 1. The third kappa shape index (κ3) is 0.896. The fourth-order valence-corrected chi connectivity index (χ4v) is 2.08. The Hall–Kier alpha value is -1.76. The first-order chi connectivity index (χ1) is 6.86. The molecule has 2 aromatic rings. The average Bonchev–Trinajstić information content (AvgIpc) is 2.59. The third-order valence-electron chi connectivity index (χ3n) is 2.76. The van der Waals surface area contributed by atoms with E-state index in [4.69, 9.17) is 0 Å². The molecule has 1 N–H and O–H groups in total. The fraction of sp³-hybridized carbons (Fsp3) is 0.0769. The Bertz CT molecular complexity index is 500. The molecule has 0 aromatic heterocycles. The van der Waals surface area contributed by atoms with Crippen molar-refractivity contribution in [3.63, 3.8) is 0 Å². The second kappa shape index (κ2) is 2.61. The van der Waals surface area contributed by atoms with Crippen molar-refractivity contribution in [2.24, 2.45) is 0 Å². The lowest BCUT2D eigenvalue weighted by Crippen LogP contribution is -1.80. The summed E-state index contributed by atoms with van der Waals surface area (Å²) in [6, 6.07) is 14.9. The van der Waals surface area contributed by atoms with Crippen LogP contribution in [-0.4, -0.2) is 5.11 Å². The molecule has 1 heteroatoms. The molecule has 1 aliphatic rings. The van der Waals surface area contributed by atoms with Crippen LogP contribution < -0.4 is 0 Å². The largest absolute Gasteiger partial charge is 0.507 e. The molecule has 2 aromatic carbocycles. The molecule has 0 bridgehead atoms. The first-order valence-corrected chi connectivity index (χ1v) is 4.67. The third-order valence-corrected chi connectivity index (χ3v) is 2.76. The summed E-state index contributed by atoms with van der Waals surface area (Å²) in [6.45, 7) is 0. The lowest BCUT2D eigenvalue weighted by molar-refractivity contribution is 0.469. The first kappa shape index (κ1) is 7.63. The van der Waals surface area contributed by atoms with Crippen LogP contribution in [-0.2, 0) is 6.42 Å². The van der Waals surface area contributed by atoms with Crippen molar-refractivity contribution >= 4 is 0 Å². The molecule has 0 spiro atoms. The Balaban J connectivity index is 2.33. The zero-order valence-electron chi connectivity index (χ0n) is 7.62. The van der Waals surface area contributed by atoms with Gasteiger partial charge in [0.05, 0.1) is 0 Å². The van der Waals surface area contributed by atoms with Crippen molar-refractivity contribution in [1.82, 2.24) is 0 Å². The highest BCUT2D eigenvalue weighted by Crippen LogP contribution is 2.39. The molecule has 14 heavy (non-hydrogen) atoms. The van der Waals surface area contributed by atoms with E-state index in [1.165, 1.54) is 11.1 Å². The van der Waals surface area contributed by atoms with Crippen LogP contribution in [0.3, 0.4) is 0 Å². The van der Waals surface area contributed by atoms with Gasteiger partial charge in [0.2, 0.25) is 0 Å². The van der Waals surface area contributed by atoms with Gasteiger partial charge in [0.1, 0.15) is 5.75 Å². The second-order valence-electron chi connectivity index (χ2n) is 3.55. The van der Waals surface area contributed by atoms with E-state index >= 15 is 0 Å². The quantitative estimate of drug-likeness (QED) is 0.565. The van der Waals surface area contributed by atoms with Crippen LogP contribution in [0.4, 0.5) is 0 Å². The van der Waals surface area contributed by atoms with Crippen LogP contribution in [0, 0.1) is 6.07 Å². The summed E-state index contributed by atoms with van der Waals surface area (Å²) >= 11 is 0. The zero-order valence-corrected chi connectivity index (χ0v) is 7.62. The number of benzene rings is 2. The molecular formula is C13H9O. The lowest BCUT2D eigenvalue weighted by atomic mass is 10.1. The van der Waals surface area contributed by atoms with E-state index in [1.54, 1.807) is 6.07 Å². The minimum atomic E-state index is 0.290. The lowest BCUT2D eigenvalue weighted by Gasteiger charge is -2.00. The summed E-state index contributed by atoms with van der Waals surface area (Å²) in [6.07, 6.45) is 0.828. The van der Waals surface area contributed by atoms with Crippen LogP contribution in [0.2, 0.25) is 0 Å². The second-order valence-corrected chi connectivity index (χ2v) is 3.55. The van der Waals surface area contributed by atoms with Crippen LogP contribution in [0.15, 0.2) is 36.4 Å². The molecular weight excluding hydrogens is 172 g/mol. The Morgan fingerprint density at radius 1 is 1.07 bits per heavy atom. The minimum Gasteiger partial charge on any atom is -0.507 e. The number of fused-ring (bicyclic) bond motifs is 3. The van der Waals surface area contributed by atoms with E-state index in [1.807, 2.05) is 18.2 Å². The van der Waals surface area contributed by atoms with Gasteiger partial charge in [-0.05, 0) is 22.8 Å². The summed E-state index contributed by atoms with van der Waals surface area (Å²) in [5, 5.41) is 9.65. The topological polar surface area (TPSA) is 20.2 Å². The molecule has 0 atom stereocenters. The Kier molecular flexibility index (Phi) is 1.42. The van der Waals surface area contributed by atoms with E-state index in [-0.39, 0.29) is 0 Å². The summed E-state index contributed by atoms with van der Waals surface area (Å²) in [5.74, 6) is 0.290. The summed E-state index contributed by atoms with van der Waals surface area (Å²) in [4.78, 5) is 0.